The zero-order valence-electron chi connectivity index (χ0n) is 13.8. The minimum absolute atomic E-state index is 0.109. The Hall–Kier alpha value is -2.71. The first-order valence-electron chi connectivity index (χ1n) is 7.94. The highest BCUT2D eigenvalue weighted by Crippen LogP contribution is 2.27. The maximum atomic E-state index is 12.0. The van der Waals surface area contributed by atoms with Crippen LogP contribution in [0.3, 0.4) is 0 Å². The summed E-state index contributed by atoms with van der Waals surface area (Å²) in [5, 5.41) is 19.5. The second-order valence-corrected chi connectivity index (χ2v) is 7.26. The van der Waals surface area contributed by atoms with E-state index in [1.807, 2.05) is 22.9 Å². The number of rotatable bonds is 7. The van der Waals surface area contributed by atoms with Crippen molar-refractivity contribution in [3.63, 3.8) is 0 Å². The van der Waals surface area contributed by atoms with Crippen molar-refractivity contribution >= 4 is 34.5 Å². The topological polar surface area (TPSA) is 91.3 Å². The monoisotopic (exact) mass is 387 g/mol. The number of nitrogens with zero attached hydrogens (tertiary/aromatic N) is 1. The third-order valence-electron chi connectivity index (χ3n) is 3.49. The Morgan fingerprint density at radius 2 is 1.81 bits per heavy atom. The first kappa shape index (κ1) is 18.1. The Kier molecular flexibility index (Phi) is 5.98. The van der Waals surface area contributed by atoms with Crippen LogP contribution in [0.15, 0.2) is 47.2 Å². The lowest BCUT2D eigenvalue weighted by atomic mass is 10.2. The molecule has 3 N–H and O–H groups in total. The van der Waals surface area contributed by atoms with Gasteiger partial charge in [0.1, 0.15) is 10.8 Å². The summed E-state index contributed by atoms with van der Waals surface area (Å²) in [6.07, 6.45) is 0.216. The van der Waals surface area contributed by atoms with Crippen LogP contribution in [0.5, 0.6) is 5.75 Å². The molecule has 2 amide bonds. The van der Waals surface area contributed by atoms with E-state index in [9.17, 15) is 14.7 Å². The highest BCUT2D eigenvalue weighted by atomic mass is 32.1. The van der Waals surface area contributed by atoms with Crippen molar-refractivity contribution in [2.24, 2.45) is 0 Å². The number of aromatic nitrogens is 1. The smallest absolute Gasteiger partial charge is 0.251 e. The molecule has 0 aliphatic rings. The van der Waals surface area contributed by atoms with Gasteiger partial charge in [-0.3, -0.25) is 9.59 Å². The maximum Gasteiger partial charge on any atom is 0.251 e. The molecule has 3 rings (SSSR count). The van der Waals surface area contributed by atoms with Gasteiger partial charge in [0.2, 0.25) is 5.91 Å². The van der Waals surface area contributed by atoms with Crippen molar-refractivity contribution in [1.82, 2.24) is 15.6 Å². The molecule has 0 bridgehead atoms. The molecule has 26 heavy (non-hydrogen) atoms. The van der Waals surface area contributed by atoms with Crippen LogP contribution in [0.25, 0.3) is 9.88 Å². The lowest BCUT2D eigenvalue weighted by molar-refractivity contribution is -0.120. The van der Waals surface area contributed by atoms with Gasteiger partial charge >= 0.3 is 0 Å². The number of hydrogen-bond donors (Lipinski definition) is 3. The number of aromatic hydroxyl groups is 1. The Balaban J connectivity index is 1.39. The summed E-state index contributed by atoms with van der Waals surface area (Å²) >= 11 is 3.14. The van der Waals surface area contributed by atoms with Crippen LogP contribution < -0.4 is 10.6 Å². The fourth-order valence-corrected chi connectivity index (χ4v) is 3.86. The summed E-state index contributed by atoms with van der Waals surface area (Å²) in [5.74, 6) is -0.274. The molecule has 6 nitrogen and oxygen atoms in total. The molecule has 1 aromatic carbocycles. The molecule has 0 spiro atoms. The van der Waals surface area contributed by atoms with Gasteiger partial charge in [0, 0.05) is 24.0 Å². The molecule has 8 heteroatoms. The minimum atomic E-state index is -0.251. The molecule has 3 aromatic rings. The number of phenols is 1. The van der Waals surface area contributed by atoms with Gasteiger partial charge in [-0.1, -0.05) is 6.07 Å². The molecule has 0 saturated heterocycles. The van der Waals surface area contributed by atoms with E-state index in [4.69, 9.17) is 0 Å². The van der Waals surface area contributed by atoms with E-state index >= 15 is 0 Å². The highest BCUT2D eigenvalue weighted by Gasteiger charge is 2.10. The quantitative estimate of drug-likeness (QED) is 0.544. The van der Waals surface area contributed by atoms with Gasteiger partial charge in [0.25, 0.3) is 5.91 Å². The summed E-state index contributed by atoms with van der Waals surface area (Å²) in [4.78, 5) is 29.4. The molecule has 0 aliphatic carbocycles. The number of nitrogens with one attached hydrogen (secondary N) is 2. The third kappa shape index (κ3) is 4.90. The number of carbonyl (C=O) groups excluding carboxylic acids is 2. The standard InChI is InChI=1S/C18H17N3O3S2/c22-14-5-3-12(4-6-14)17(24)20-8-7-19-16(23)10-13-11-26-18(21-13)15-2-1-9-25-15/h1-6,9,11,22H,7-8,10H2,(H,19,23)(H,20,24). The summed E-state index contributed by atoms with van der Waals surface area (Å²) in [6.45, 7) is 0.660. The van der Waals surface area contributed by atoms with Crippen LogP contribution in [0.1, 0.15) is 16.1 Å². The van der Waals surface area contributed by atoms with Crippen molar-refractivity contribution in [2.75, 3.05) is 13.1 Å². The van der Waals surface area contributed by atoms with Crippen LogP contribution in [0.2, 0.25) is 0 Å². The van der Waals surface area contributed by atoms with Crippen molar-refractivity contribution in [3.8, 4) is 15.6 Å². The zero-order chi connectivity index (χ0) is 18.4. The van der Waals surface area contributed by atoms with E-state index in [2.05, 4.69) is 15.6 Å². The highest BCUT2D eigenvalue weighted by molar-refractivity contribution is 7.20. The Bertz CT molecular complexity index is 873. The molecule has 0 unspecified atom stereocenters. The summed E-state index contributed by atoms with van der Waals surface area (Å²) < 4.78 is 0. The average Bonchev–Trinajstić information content (AvgIpc) is 3.30. The second kappa shape index (κ2) is 8.59. The van der Waals surface area contributed by atoms with Crippen LogP contribution >= 0.6 is 22.7 Å². The van der Waals surface area contributed by atoms with Gasteiger partial charge in [-0.15, -0.1) is 22.7 Å². The Morgan fingerprint density at radius 1 is 1.04 bits per heavy atom. The third-order valence-corrected chi connectivity index (χ3v) is 5.42. The lowest BCUT2D eigenvalue weighted by Gasteiger charge is -2.07. The SMILES string of the molecule is O=C(Cc1csc(-c2cccs2)n1)NCCNC(=O)c1ccc(O)cc1. The molecule has 0 radical (unpaired) electrons. The van der Waals surface area contributed by atoms with Crippen molar-refractivity contribution in [1.29, 1.82) is 0 Å². The normalized spacial score (nSPS) is 10.5. The largest absolute Gasteiger partial charge is 0.508 e. The van der Waals surface area contributed by atoms with Crippen molar-refractivity contribution in [3.05, 3.63) is 58.4 Å². The Labute approximate surface area is 158 Å². The molecule has 0 aliphatic heterocycles. The molecular weight excluding hydrogens is 370 g/mol. The predicted molar refractivity (Wildman–Crippen MR) is 103 cm³/mol. The van der Waals surface area contributed by atoms with Crippen LogP contribution in [-0.4, -0.2) is 35.0 Å². The van der Waals surface area contributed by atoms with E-state index in [1.54, 1.807) is 11.3 Å². The fourth-order valence-electron chi connectivity index (χ4n) is 2.22. The van der Waals surface area contributed by atoms with Gasteiger partial charge in [0.05, 0.1) is 17.0 Å². The number of hydrogen-bond acceptors (Lipinski definition) is 6. The molecule has 0 atom stereocenters. The van der Waals surface area contributed by atoms with Crippen molar-refractivity contribution in [2.45, 2.75) is 6.42 Å². The number of thiophene rings is 1. The van der Waals surface area contributed by atoms with E-state index < -0.39 is 0 Å². The zero-order valence-corrected chi connectivity index (χ0v) is 15.4. The van der Waals surface area contributed by atoms with E-state index in [0.29, 0.717) is 18.7 Å². The van der Waals surface area contributed by atoms with Gasteiger partial charge < -0.3 is 15.7 Å². The van der Waals surface area contributed by atoms with Crippen LogP contribution in [0.4, 0.5) is 0 Å². The van der Waals surface area contributed by atoms with E-state index in [0.717, 1.165) is 15.6 Å². The molecule has 2 heterocycles. The van der Waals surface area contributed by atoms with Gasteiger partial charge in [-0.2, -0.15) is 0 Å². The minimum Gasteiger partial charge on any atom is -0.508 e. The summed E-state index contributed by atoms with van der Waals surface area (Å²) in [6, 6.07) is 9.96. The fraction of sp³-hybridized carbons (Fsp3) is 0.167. The van der Waals surface area contributed by atoms with E-state index in [-0.39, 0.29) is 24.0 Å². The van der Waals surface area contributed by atoms with E-state index in [1.165, 1.54) is 35.6 Å². The number of carbonyl (C=O) groups is 2. The first-order chi connectivity index (χ1) is 12.6. The molecule has 0 fully saturated rings. The summed E-state index contributed by atoms with van der Waals surface area (Å²) in [7, 11) is 0. The predicted octanol–water partition coefficient (Wildman–Crippen LogP) is 2.67. The number of thiazole rings is 1. The Morgan fingerprint density at radius 3 is 2.54 bits per heavy atom. The number of benzene rings is 1. The van der Waals surface area contributed by atoms with Gasteiger partial charge in [-0.05, 0) is 35.7 Å². The molecule has 0 saturated carbocycles. The number of amides is 2. The molecule has 134 valence electrons. The molecular formula is C18H17N3O3S2. The second-order valence-electron chi connectivity index (χ2n) is 5.45. The first-order valence-corrected chi connectivity index (χ1v) is 9.70. The van der Waals surface area contributed by atoms with Crippen LogP contribution in [-0.2, 0) is 11.2 Å². The van der Waals surface area contributed by atoms with Gasteiger partial charge in [0.15, 0.2) is 0 Å². The van der Waals surface area contributed by atoms with Gasteiger partial charge in [-0.25, -0.2) is 4.98 Å². The van der Waals surface area contributed by atoms with Crippen LogP contribution in [0, 0.1) is 0 Å². The average molecular weight is 387 g/mol. The number of phenolic OH excluding ortho intramolecular Hbond substituents is 1. The van der Waals surface area contributed by atoms with Crippen molar-refractivity contribution < 1.29 is 14.7 Å². The lowest BCUT2D eigenvalue weighted by Crippen LogP contribution is -2.35. The maximum absolute atomic E-state index is 12.0. The molecule has 2 aromatic heterocycles. The summed E-state index contributed by atoms with van der Waals surface area (Å²) in [5.41, 5.74) is 1.20.